The average molecular weight is 261 g/mol. The van der Waals surface area contributed by atoms with Crippen LogP contribution in [0.3, 0.4) is 0 Å². The van der Waals surface area contributed by atoms with Crippen LogP contribution >= 0.6 is 11.8 Å². The van der Waals surface area contributed by atoms with Crippen LogP contribution in [0, 0.1) is 5.41 Å². The summed E-state index contributed by atoms with van der Waals surface area (Å²) in [5.41, 5.74) is -0.249. The van der Waals surface area contributed by atoms with Gasteiger partial charge >= 0.3 is 0 Å². The minimum atomic E-state index is -0.664. The van der Waals surface area contributed by atoms with E-state index in [9.17, 15) is 5.11 Å². The van der Waals surface area contributed by atoms with Crippen molar-refractivity contribution in [3.63, 3.8) is 0 Å². The van der Waals surface area contributed by atoms with Gasteiger partial charge in [-0.2, -0.15) is 11.8 Å². The van der Waals surface area contributed by atoms with Gasteiger partial charge in [0.2, 0.25) is 0 Å². The Kier molecular flexibility index (Phi) is 5.77. The standard InChI is InChI=1S/C13H27NO2S/c1-12(2)7-11(8-17-10-12)14-9-13(3,15)5-6-16-4/h11,14-15H,5-10H2,1-4H3. The maximum absolute atomic E-state index is 10.2. The van der Waals surface area contributed by atoms with Gasteiger partial charge in [-0.3, -0.25) is 0 Å². The van der Waals surface area contributed by atoms with Crippen LogP contribution in [-0.4, -0.2) is 48.5 Å². The molecule has 0 aromatic rings. The van der Waals surface area contributed by atoms with Crippen molar-refractivity contribution in [2.24, 2.45) is 5.41 Å². The Hall–Kier alpha value is 0.230. The Morgan fingerprint density at radius 2 is 2.24 bits per heavy atom. The summed E-state index contributed by atoms with van der Waals surface area (Å²) in [4.78, 5) is 0. The topological polar surface area (TPSA) is 41.5 Å². The fraction of sp³-hybridized carbons (Fsp3) is 1.00. The van der Waals surface area contributed by atoms with E-state index >= 15 is 0 Å². The normalized spacial score (nSPS) is 27.7. The molecule has 0 aromatic carbocycles. The zero-order valence-corrected chi connectivity index (χ0v) is 12.4. The van der Waals surface area contributed by atoms with E-state index in [1.165, 1.54) is 12.2 Å². The second-order valence-corrected chi connectivity index (χ2v) is 7.23. The fourth-order valence-electron chi connectivity index (χ4n) is 2.17. The van der Waals surface area contributed by atoms with E-state index in [4.69, 9.17) is 4.74 Å². The summed E-state index contributed by atoms with van der Waals surface area (Å²) in [5, 5.41) is 13.7. The summed E-state index contributed by atoms with van der Waals surface area (Å²) in [7, 11) is 1.67. The van der Waals surface area contributed by atoms with Crippen molar-refractivity contribution in [2.45, 2.75) is 45.3 Å². The molecule has 3 nitrogen and oxygen atoms in total. The van der Waals surface area contributed by atoms with Crippen molar-refractivity contribution in [1.82, 2.24) is 5.32 Å². The Bertz CT molecular complexity index is 231. The first-order valence-electron chi connectivity index (χ1n) is 6.37. The molecule has 1 saturated heterocycles. The summed E-state index contributed by atoms with van der Waals surface area (Å²) in [6.07, 6.45) is 1.88. The van der Waals surface area contributed by atoms with Crippen LogP contribution < -0.4 is 5.32 Å². The molecule has 0 aromatic heterocycles. The molecule has 0 spiro atoms. The Morgan fingerprint density at radius 3 is 2.82 bits per heavy atom. The van der Waals surface area contributed by atoms with E-state index in [2.05, 4.69) is 19.2 Å². The lowest BCUT2D eigenvalue weighted by Crippen LogP contribution is -2.47. The van der Waals surface area contributed by atoms with Gasteiger partial charge in [-0.15, -0.1) is 0 Å². The highest BCUT2D eigenvalue weighted by molar-refractivity contribution is 7.99. The van der Waals surface area contributed by atoms with Crippen molar-refractivity contribution < 1.29 is 9.84 Å². The van der Waals surface area contributed by atoms with E-state index in [1.54, 1.807) is 7.11 Å². The molecule has 0 bridgehead atoms. The summed E-state index contributed by atoms with van der Waals surface area (Å²) < 4.78 is 5.01. The molecule has 2 N–H and O–H groups in total. The van der Waals surface area contributed by atoms with Crippen LogP contribution in [0.15, 0.2) is 0 Å². The summed E-state index contributed by atoms with van der Waals surface area (Å²) >= 11 is 2.01. The van der Waals surface area contributed by atoms with Gasteiger partial charge < -0.3 is 15.2 Å². The molecule has 4 heteroatoms. The molecule has 102 valence electrons. The molecule has 0 radical (unpaired) electrons. The smallest absolute Gasteiger partial charge is 0.0765 e. The monoisotopic (exact) mass is 261 g/mol. The third kappa shape index (κ3) is 6.09. The van der Waals surface area contributed by atoms with Crippen molar-refractivity contribution >= 4 is 11.8 Å². The van der Waals surface area contributed by atoms with Crippen molar-refractivity contribution in [3.05, 3.63) is 0 Å². The molecule has 1 aliphatic rings. The number of methoxy groups -OCH3 is 1. The molecule has 1 rings (SSSR count). The third-order valence-electron chi connectivity index (χ3n) is 3.23. The number of rotatable bonds is 6. The summed E-state index contributed by atoms with van der Waals surface area (Å²) in [6.45, 7) is 7.77. The predicted octanol–water partition coefficient (Wildman–Crippen LogP) is 1.90. The number of ether oxygens (including phenoxy) is 1. The molecule has 2 unspecified atom stereocenters. The minimum Gasteiger partial charge on any atom is -0.389 e. The fourth-order valence-corrected chi connectivity index (χ4v) is 3.48. The lowest BCUT2D eigenvalue weighted by atomic mass is 9.87. The van der Waals surface area contributed by atoms with Gasteiger partial charge in [0, 0.05) is 38.5 Å². The predicted molar refractivity (Wildman–Crippen MR) is 74.6 cm³/mol. The van der Waals surface area contributed by atoms with Gasteiger partial charge in [-0.25, -0.2) is 0 Å². The van der Waals surface area contributed by atoms with Gasteiger partial charge in [0.05, 0.1) is 5.60 Å². The maximum Gasteiger partial charge on any atom is 0.0765 e. The summed E-state index contributed by atoms with van der Waals surface area (Å²) in [6, 6.07) is 0.526. The minimum absolute atomic E-state index is 0.416. The zero-order chi connectivity index (χ0) is 12.9. The van der Waals surface area contributed by atoms with Crippen LogP contribution in [-0.2, 0) is 4.74 Å². The largest absolute Gasteiger partial charge is 0.389 e. The first-order valence-corrected chi connectivity index (χ1v) is 7.53. The molecule has 0 saturated carbocycles. The number of aliphatic hydroxyl groups is 1. The summed E-state index contributed by atoms with van der Waals surface area (Å²) in [5.74, 6) is 2.40. The van der Waals surface area contributed by atoms with Crippen molar-refractivity contribution in [1.29, 1.82) is 0 Å². The van der Waals surface area contributed by atoms with Crippen LogP contribution in [0.5, 0.6) is 0 Å². The SMILES string of the molecule is COCCC(C)(O)CNC1CSCC(C)(C)C1. The highest BCUT2D eigenvalue weighted by atomic mass is 32.2. The van der Waals surface area contributed by atoms with Crippen molar-refractivity contribution in [2.75, 3.05) is 31.8 Å². The number of nitrogens with one attached hydrogen (secondary N) is 1. The van der Waals surface area contributed by atoms with Gasteiger partial charge in [0.1, 0.15) is 0 Å². The van der Waals surface area contributed by atoms with Gasteiger partial charge in [-0.05, 0) is 24.5 Å². The zero-order valence-electron chi connectivity index (χ0n) is 11.6. The second-order valence-electron chi connectivity index (χ2n) is 6.20. The van der Waals surface area contributed by atoms with E-state index < -0.39 is 5.60 Å². The Morgan fingerprint density at radius 1 is 1.53 bits per heavy atom. The van der Waals surface area contributed by atoms with E-state index in [0.29, 0.717) is 31.0 Å². The second kappa shape index (κ2) is 6.41. The maximum atomic E-state index is 10.2. The molecule has 0 amide bonds. The van der Waals surface area contributed by atoms with E-state index in [-0.39, 0.29) is 0 Å². The Labute approximate surface area is 110 Å². The van der Waals surface area contributed by atoms with Crippen LogP contribution in [0.4, 0.5) is 0 Å². The highest BCUT2D eigenvalue weighted by Gasteiger charge is 2.29. The molecule has 0 aliphatic carbocycles. The number of hydrogen-bond donors (Lipinski definition) is 2. The molecule has 17 heavy (non-hydrogen) atoms. The number of hydrogen-bond acceptors (Lipinski definition) is 4. The quantitative estimate of drug-likeness (QED) is 0.766. The van der Waals surface area contributed by atoms with Crippen LogP contribution in [0.2, 0.25) is 0 Å². The first kappa shape index (κ1) is 15.3. The molecule has 1 heterocycles. The lowest BCUT2D eigenvalue weighted by molar-refractivity contribution is 0.0222. The van der Waals surface area contributed by atoms with Gasteiger partial charge in [0.15, 0.2) is 0 Å². The molecule has 2 atom stereocenters. The van der Waals surface area contributed by atoms with Crippen LogP contribution in [0.25, 0.3) is 0 Å². The molecular weight excluding hydrogens is 234 g/mol. The van der Waals surface area contributed by atoms with E-state index in [1.807, 2.05) is 18.7 Å². The highest BCUT2D eigenvalue weighted by Crippen LogP contribution is 2.33. The number of thioether (sulfide) groups is 1. The van der Waals surface area contributed by atoms with Crippen molar-refractivity contribution in [3.8, 4) is 0 Å². The van der Waals surface area contributed by atoms with Crippen LogP contribution in [0.1, 0.15) is 33.6 Å². The third-order valence-corrected chi connectivity index (χ3v) is 4.85. The lowest BCUT2D eigenvalue weighted by Gasteiger charge is -2.36. The molecular formula is C13H27NO2S. The van der Waals surface area contributed by atoms with Gasteiger partial charge in [0.25, 0.3) is 0 Å². The Balaban J connectivity index is 2.29. The van der Waals surface area contributed by atoms with Gasteiger partial charge in [-0.1, -0.05) is 13.8 Å². The first-order chi connectivity index (χ1) is 7.85. The van der Waals surface area contributed by atoms with E-state index in [0.717, 1.165) is 5.75 Å². The molecule has 1 aliphatic heterocycles. The molecule has 1 fully saturated rings. The average Bonchev–Trinajstić information content (AvgIpc) is 2.23.